The van der Waals surface area contributed by atoms with E-state index in [1.165, 1.54) is 67.8 Å². The highest BCUT2D eigenvalue weighted by Gasteiger charge is 2.33. The number of carbonyl (C=O) groups excluding carboxylic acids is 8. The number of carbonyl (C=O) groups is 8. The van der Waals surface area contributed by atoms with Crippen LogP contribution in [0.15, 0.2) is 149 Å². The van der Waals surface area contributed by atoms with Gasteiger partial charge in [-0.1, -0.05) is 58.4 Å². The molecule has 674 valence electrons. The third-order valence-electron chi connectivity index (χ3n) is 16.4. The summed E-state index contributed by atoms with van der Waals surface area (Å²) >= 11 is 1.35. The van der Waals surface area contributed by atoms with Crippen LogP contribution in [0, 0.1) is 6.92 Å². The normalized spacial score (nSPS) is 11.1. The Morgan fingerprint density at radius 2 is 0.903 bits per heavy atom. The number of benzene rings is 8. The van der Waals surface area contributed by atoms with Crippen molar-refractivity contribution in [2.24, 2.45) is 0 Å². The zero-order valence-corrected chi connectivity index (χ0v) is 69.9. The maximum atomic E-state index is 13.0. The minimum Gasteiger partial charge on any atom is -0.508 e. The van der Waals surface area contributed by atoms with Crippen LogP contribution in [0.2, 0.25) is 0 Å². The number of phenols is 15. The number of thioether (sulfide) groups is 1. The van der Waals surface area contributed by atoms with E-state index in [9.17, 15) is 137 Å². The maximum absolute atomic E-state index is 13.0. The van der Waals surface area contributed by atoms with Crippen LogP contribution in [-0.2, 0) is 49.4 Å². The number of phenolic OH excluding ortho intramolecular Hbond substituents is 15. The highest BCUT2D eigenvalue weighted by Crippen LogP contribution is 2.38. The van der Waals surface area contributed by atoms with Crippen LogP contribution in [0.4, 0.5) is 18.0 Å². The average Bonchev–Trinajstić information content (AvgIpc) is 0.833. The summed E-state index contributed by atoms with van der Waals surface area (Å²) in [5, 5.41) is 145. The fourth-order valence-electron chi connectivity index (χ4n) is 9.86. The van der Waals surface area contributed by atoms with E-state index in [2.05, 4.69) is 24.5 Å². The Balaban J connectivity index is 0.000000336. The lowest BCUT2D eigenvalue weighted by molar-refractivity contribution is -0.137. The Morgan fingerprint density at radius 1 is 0.460 bits per heavy atom. The molecule has 124 heavy (non-hydrogen) atoms. The predicted molar refractivity (Wildman–Crippen MR) is 440 cm³/mol. The number of ether oxygens (including phenoxy) is 6. The average molecular weight is 1780 g/mol. The number of hydrogen-bond donors (Lipinski definition) is 18. The van der Waals surface area contributed by atoms with Crippen LogP contribution in [0.25, 0.3) is 0 Å². The molecular weight excluding hydrogens is 1680 g/mol. The number of alkyl halides is 3. The lowest BCUT2D eigenvalue weighted by Gasteiger charge is -2.19. The second-order valence-electron chi connectivity index (χ2n) is 27.7. The number of amides is 3. The van der Waals surface area contributed by atoms with Gasteiger partial charge in [0.05, 0.1) is 57.2 Å². The molecule has 0 aromatic heterocycles. The Morgan fingerprint density at radius 3 is 1.40 bits per heavy atom. The molecule has 0 radical (unpaired) electrons. The minimum absolute atomic E-state index is 0.0248. The summed E-state index contributed by atoms with van der Waals surface area (Å²) in [6, 6.07) is 25.4. The molecule has 0 heterocycles. The van der Waals surface area contributed by atoms with Crippen molar-refractivity contribution in [2.75, 3.05) is 65.4 Å². The Kier molecular flexibility index (Phi) is 41.4. The zero-order valence-electron chi connectivity index (χ0n) is 68.2. The first kappa shape index (κ1) is 103. The third-order valence-corrected chi connectivity index (χ3v) is 18.8. The lowest BCUT2D eigenvalue weighted by Crippen LogP contribution is -2.38. The Bertz CT molecular complexity index is 5000. The van der Waals surface area contributed by atoms with E-state index >= 15 is 0 Å². The minimum atomic E-state index is -4.81. The van der Waals surface area contributed by atoms with Crippen LogP contribution in [0.5, 0.6) is 86.2 Å². The summed E-state index contributed by atoms with van der Waals surface area (Å²) in [5.41, 5.74) is -1.30. The lowest BCUT2D eigenvalue weighted by atomic mass is 10.1. The summed E-state index contributed by atoms with van der Waals surface area (Å²) in [6.45, 7) is 11.0. The number of nitrogens with one attached hydrogen (secondary N) is 3. The van der Waals surface area contributed by atoms with Crippen molar-refractivity contribution in [2.45, 2.75) is 127 Å². The van der Waals surface area contributed by atoms with Gasteiger partial charge in [-0.3, -0.25) is 9.59 Å². The molecule has 40 heteroatoms. The van der Waals surface area contributed by atoms with E-state index in [-0.39, 0.29) is 94.6 Å². The largest absolute Gasteiger partial charge is 0.508 e. The van der Waals surface area contributed by atoms with Crippen molar-refractivity contribution in [1.29, 1.82) is 0 Å². The van der Waals surface area contributed by atoms with Crippen LogP contribution < -0.4 is 15.4 Å². The zero-order chi connectivity index (χ0) is 92.8. The Labute approximate surface area is 714 Å². The molecule has 18 N–H and O–H groups in total. The molecule has 0 bridgehead atoms. The number of sulfonamides is 1. The molecule has 0 aliphatic rings. The molecule has 8 aromatic rings. The molecule has 8 aromatic carbocycles. The van der Waals surface area contributed by atoms with Gasteiger partial charge < -0.3 is 121 Å². The summed E-state index contributed by atoms with van der Waals surface area (Å²) in [6.07, 6.45) is 2.37. The molecule has 3 amide bonds. The molecule has 1 atom stereocenters. The number of alkyl carbamates (subject to hydrolysis) is 1. The monoisotopic (exact) mass is 1780 g/mol. The second-order valence-corrected chi connectivity index (χ2v) is 30.5. The van der Waals surface area contributed by atoms with Crippen LogP contribution in [0.1, 0.15) is 166 Å². The van der Waals surface area contributed by atoms with Gasteiger partial charge in [0.2, 0.25) is 15.9 Å². The molecule has 0 spiro atoms. The van der Waals surface area contributed by atoms with Gasteiger partial charge in [0.1, 0.15) is 37.3 Å². The molecule has 8 rings (SSSR count). The molecule has 1 unspecified atom stereocenters. The van der Waals surface area contributed by atoms with Gasteiger partial charge in [-0.15, -0.1) is 11.8 Å². The van der Waals surface area contributed by atoms with Gasteiger partial charge in [-0.05, 0) is 186 Å². The molecule has 0 aliphatic heterocycles. The van der Waals surface area contributed by atoms with Gasteiger partial charge in [-0.25, -0.2) is 41.9 Å². The third kappa shape index (κ3) is 36.4. The van der Waals surface area contributed by atoms with Crippen LogP contribution in [0.3, 0.4) is 0 Å². The van der Waals surface area contributed by atoms with Crippen LogP contribution in [-0.4, -0.2) is 215 Å². The fraction of sp³-hybridized carbons (Fsp3) is 0.333. The van der Waals surface area contributed by atoms with Gasteiger partial charge in [0, 0.05) is 37.1 Å². The topological polar surface area (TPSA) is 569 Å². The summed E-state index contributed by atoms with van der Waals surface area (Å²) in [7, 11) is -2.77. The molecule has 0 saturated heterocycles. The van der Waals surface area contributed by atoms with Crippen LogP contribution >= 0.6 is 11.8 Å². The smallest absolute Gasteiger partial charge is 0.416 e. The van der Waals surface area contributed by atoms with E-state index in [1.807, 2.05) is 4.72 Å². The predicted octanol–water partition coefficient (Wildman–Crippen LogP) is 12.2. The SMILES string of the molecule is CC(C)(C)OC(=O)NCCCOC(=O)c1cc(O)c(O)c(O)c1.CCCCCCCCNC(=O)c1cc(O)c(O)c(O)c1.CCCCN(C)C(=O)CSc1ccc(O)c(O)c1.Cc1cc(O)cc(C(=O)OCCOC(=O)c2ccc(O)c(O)c2)c1.O=C(OCC(CNS(=O)(=O)c1cccc(C(F)(F)F)c1)OC(=O)c1ccc(O)c(O)c1)c1ccc(O)c(O)c1. The number of nitrogens with zero attached hydrogens (tertiary/aromatic N) is 1. The second kappa shape index (κ2) is 49.9. The number of halogens is 3. The molecule has 0 saturated carbocycles. The number of unbranched alkanes of at least 4 members (excludes halogenated alkanes) is 6. The Hall–Kier alpha value is -13.6. The summed E-state index contributed by atoms with van der Waals surface area (Å²) < 4.78 is 96.3. The highest BCUT2D eigenvalue weighted by atomic mass is 32.2. The van der Waals surface area contributed by atoms with Crippen molar-refractivity contribution in [3.8, 4) is 86.2 Å². The van der Waals surface area contributed by atoms with Gasteiger partial charge in [0.15, 0.2) is 80.5 Å². The van der Waals surface area contributed by atoms with E-state index in [1.54, 1.807) is 51.8 Å². The van der Waals surface area contributed by atoms with Crippen molar-refractivity contribution in [1.82, 2.24) is 20.3 Å². The van der Waals surface area contributed by atoms with Gasteiger partial charge >= 0.3 is 42.1 Å². The van der Waals surface area contributed by atoms with Crippen molar-refractivity contribution in [3.05, 3.63) is 184 Å². The molecule has 35 nitrogen and oxygen atoms in total. The van der Waals surface area contributed by atoms with Gasteiger partial charge in [-0.2, -0.15) is 13.2 Å². The molecule has 0 fully saturated rings. The summed E-state index contributed by atoms with van der Waals surface area (Å²) in [5.74, 6) is -11.3. The van der Waals surface area contributed by atoms with E-state index in [0.717, 1.165) is 122 Å². The number of esters is 5. The van der Waals surface area contributed by atoms with Crippen molar-refractivity contribution in [3.63, 3.8) is 0 Å². The first-order valence-electron chi connectivity index (χ1n) is 37.8. The fourth-order valence-corrected chi connectivity index (χ4v) is 11.8. The number of hydrogen-bond acceptors (Lipinski definition) is 32. The van der Waals surface area contributed by atoms with E-state index in [0.29, 0.717) is 36.4 Å². The summed E-state index contributed by atoms with van der Waals surface area (Å²) in [4.78, 5) is 96.8. The van der Waals surface area contributed by atoms with Crippen molar-refractivity contribution >= 4 is 69.5 Å². The quantitative estimate of drug-likeness (QED) is 0.00597. The number of rotatable bonds is 33. The van der Waals surface area contributed by atoms with E-state index < -0.39 is 151 Å². The molecule has 0 aliphatic carbocycles. The first-order valence-corrected chi connectivity index (χ1v) is 40.3. The van der Waals surface area contributed by atoms with Gasteiger partial charge in [0.25, 0.3) is 5.91 Å². The highest BCUT2D eigenvalue weighted by molar-refractivity contribution is 8.00. The number of aryl methyl sites for hydroxylation is 1. The van der Waals surface area contributed by atoms with E-state index in [4.69, 9.17) is 28.4 Å². The standard InChI is InChI=1S/C24H20F3NO10S.C17H16O7.C15H21NO7.C15H23NO4.C13H19NO3S/c25-24(26,27)15-2-1-3-17(10-15)39(35,36)28-11-16(38-23(34)14-5-7-19(30)21(32)9-14)12-37-22(33)13-4-6-18(29)20(31)8-13;1-10-6-12(8-13(18)7-10)17(22)24-5-4-23-16(21)11-2-3-14(19)15(20)9-11;1-15(2,3)23-14(21)16-5-4-6-22-13(20)9-7-10(17)12(19)11(18)8-9;1-2-3-4-5-6-7-8-16-15(20)11-9-12(17)14(19)13(18)10-11;1-3-4-7-14(2)13(17)9-18-10-5-6-11(15)12(16)8-10/h1-10,16,28-32H,11-12H2;2-3,6-9,18-20H,4-5H2,1H3;7-8,17-19H,4-6H2,1-3H3,(H,16,21);9-10,17-19H,2-8H2,1H3,(H,16,20);5-6,8,15-16H,3-4,7,9H2,1-2H3. The van der Waals surface area contributed by atoms with Crippen molar-refractivity contribution < 1.29 is 165 Å². The first-order chi connectivity index (χ1) is 58.2. The maximum Gasteiger partial charge on any atom is 0.416 e. The molecular formula is C84H99F3N4O31S2. The number of aromatic hydroxyl groups is 15.